The average molecular weight is 338 g/mol. The highest BCUT2D eigenvalue weighted by atomic mass is 16.6. The van der Waals surface area contributed by atoms with E-state index in [9.17, 15) is 14.4 Å². The number of esters is 3. The molecule has 1 fully saturated rings. The quantitative estimate of drug-likeness (QED) is 0.217. The lowest BCUT2D eigenvalue weighted by Crippen LogP contribution is -2.24. The van der Waals surface area contributed by atoms with Crippen LogP contribution in [0.2, 0.25) is 0 Å². The van der Waals surface area contributed by atoms with Gasteiger partial charge in [-0.3, -0.25) is 0 Å². The van der Waals surface area contributed by atoms with Gasteiger partial charge < -0.3 is 18.9 Å². The monoisotopic (exact) mass is 338 g/mol. The van der Waals surface area contributed by atoms with Crippen LogP contribution in [-0.4, -0.2) is 50.4 Å². The molecule has 132 valence electrons. The standard InChI is InChI=1S/C17H22O7/c1-3-15(18)21-6-7-22-16(19)13-5-4-11(2)8-14(13)17(20)24-10-12-9-23-12/h3,11-12H,1,4-10H2,2H3. The van der Waals surface area contributed by atoms with Gasteiger partial charge in [-0.1, -0.05) is 13.5 Å². The fraction of sp³-hybridized carbons (Fsp3) is 0.588. The van der Waals surface area contributed by atoms with Gasteiger partial charge in [0.25, 0.3) is 0 Å². The SMILES string of the molecule is C=CC(=O)OCCOC(=O)C1=C(C(=O)OCC2CO2)CC(C)CC1. The van der Waals surface area contributed by atoms with Crippen LogP contribution in [0.15, 0.2) is 23.8 Å². The summed E-state index contributed by atoms with van der Waals surface area (Å²) in [5.41, 5.74) is 0.729. The summed E-state index contributed by atoms with van der Waals surface area (Å²) in [7, 11) is 0. The fourth-order valence-electron chi connectivity index (χ4n) is 2.39. The minimum atomic E-state index is -0.580. The summed E-state index contributed by atoms with van der Waals surface area (Å²) in [6.07, 6.45) is 2.77. The lowest BCUT2D eigenvalue weighted by atomic mass is 9.85. The number of carbonyl (C=O) groups is 3. The summed E-state index contributed by atoms with van der Waals surface area (Å²) in [5, 5.41) is 0. The molecule has 0 radical (unpaired) electrons. The summed E-state index contributed by atoms with van der Waals surface area (Å²) < 4.78 is 20.0. The summed E-state index contributed by atoms with van der Waals surface area (Å²) in [6, 6.07) is 0. The third-order valence-electron chi connectivity index (χ3n) is 3.83. The van der Waals surface area contributed by atoms with Crippen LogP contribution in [0.4, 0.5) is 0 Å². The van der Waals surface area contributed by atoms with Gasteiger partial charge in [-0.25, -0.2) is 14.4 Å². The first-order valence-corrected chi connectivity index (χ1v) is 7.98. The highest BCUT2D eigenvalue weighted by Gasteiger charge is 2.31. The summed E-state index contributed by atoms with van der Waals surface area (Å²) in [4.78, 5) is 35.3. The van der Waals surface area contributed by atoms with Crippen molar-refractivity contribution in [2.24, 2.45) is 5.92 Å². The molecule has 0 aromatic heterocycles. The molecule has 1 aliphatic carbocycles. The van der Waals surface area contributed by atoms with Crippen LogP contribution in [0.25, 0.3) is 0 Å². The zero-order chi connectivity index (χ0) is 17.5. The van der Waals surface area contributed by atoms with E-state index >= 15 is 0 Å². The number of carbonyl (C=O) groups excluding carboxylic acids is 3. The van der Waals surface area contributed by atoms with Gasteiger partial charge in [-0.2, -0.15) is 0 Å². The van der Waals surface area contributed by atoms with Crippen LogP contribution >= 0.6 is 0 Å². The first-order chi connectivity index (χ1) is 11.5. The molecular formula is C17H22O7. The molecule has 1 saturated heterocycles. The molecule has 7 heteroatoms. The van der Waals surface area contributed by atoms with Crippen LogP contribution in [0.1, 0.15) is 26.2 Å². The second-order valence-corrected chi connectivity index (χ2v) is 5.87. The summed E-state index contributed by atoms with van der Waals surface area (Å²) in [5.74, 6) is -1.33. The van der Waals surface area contributed by atoms with Crippen molar-refractivity contribution in [1.29, 1.82) is 0 Å². The maximum atomic E-state index is 12.2. The topological polar surface area (TPSA) is 91.4 Å². The molecule has 1 heterocycles. The molecule has 1 aliphatic heterocycles. The molecule has 0 aromatic rings. The lowest BCUT2D eigenvalue weighted by molar-refractivity contribution is -0.147. The molecule has 2 rings (SSSR count). The first-order valence-electron chi connectivity index (χ1n) is 7.98. The predicted molar refractivity (Wildman–Crippen MR) is 82.9 cm³/mol. The van der Waals surface area contributed by atoms with Crippen molar-refractivity contribution in [2.75, 3.05) is 26.4 Å². The van der Waals surface area contributed by atoms with Crippen molar-refractivity contribution < 1.29 is 33.3 Å². The molecule has 0 aromatic carbocycles. The highest BCUT2D eigenvalue weighted by Crippen LogP contribution is 2.31. The van der Waals surface area contributed by atoms with Crippen LogP contribution in [0.5, 0.6) is 0 Å². The Morgan fingerprint density at radius 3 is 2.50 bits per heavy atom. The van der Waals surface area contributed by atoms with Gasteiger partial charge in [0.2, 0.25) is 0 Å². The molecule has 0 N–H and O–H groups in total. The zero-order valence-corrected chi connectivity index (χ0v) is 13.7. The van der Waals surface area contributed by atoms with E-state index in [2.05, 4.69) is 6.58 Å². The Morgan fingerprint density at radius 2 is 1.83 bits per heavy atom. The lowest BCUT2D eigenvalue weighted by Gasteiger charge is -2.22. The third kappa shape index (κ3) is 5.49. The molecule has 2 aliphatic rings. The number of hydrogen-bond donors (Lipinski definition) is 0. The normalized spacial score (nSPS) is 22.5. The summed E-state index contributed by atoms with van der Waals surface area (Å²) in [6.45, 7) is 5.96. The van der Waals surface area contributed by atoms with Crippen molar-refractivity contribution in [3.8, 4) is 0 Å². The van der Waals surface area contributed by atoms with Crippen molar-refractivity contribution >= 4 is 17.9 Å². The van der Waals surface area contributed by atoms with E-state index in [1.165, 1.54) is 0 Å². The molecule has 2 atom stereocenters. The highest BCUT2D eigenvalue weighted by molar-refractivity contribution is 6.00. The Labute approximate surface area is 140 Å². The third-order valence-corrected chi connectivity index (χ3v) is 3.83. The van der Waals surface area contributed by atoms with E-state index < -0.39 is 17.9 Å². The van der Waals surface area contributed by atoms with Crippen LogP contribution < -0.4 is 0 Å². The molecule has 0 bridgehead atoms. The smallest absolute Gasteiger partial charge is 0.334 e. The van der Waals surface area contributed by atoms with E-state index in [0.717, 1.165) is 12.5 Å². The number of epoxide rings is 1. The minimum Gasteiger partial charge on any atom is -0.459 e. The Hall–Kier alpha value is -2.15. The molecule has 0 amide bonds. The fourth-order valence-corrected chi connectivity index (χ4v) is 2.39. The van der Waals surface area contributed by atoms with Gasteiger partial charge in [0, 0.05) is 17.2 Å². The first kappa shape index (κ1) is 18.2. The van der Waals surface area contributed by atoms with E-state index in [0.29, 0.717) is 36.5 Å². The number of rotatable bonds is 8. The second-order valence-electron chi connectivity index (χ2n) is 5.87. The minimum absolute atomic E-state index is 0.0227. The maximum Gasteiger partial charge on any atom is 0.334 e. The Balaban J connectivity index is 1.91. The zero-order valence-electron chi connectivity index (χ0n) is 13.7. The molecule has 0 spiro atoms. The predicted octanol–water partition coefficient (Wildman–Crippen LogP) is 1.32. The molecular weight excluding hydrogens is 316 g/mol. The van der Waals surface area contributed by atoms with Crippen LogP contribution in [0.3, 0.4) is 0 Å². The Kier molecular flexibility index (Phi) is 6.54. The number of hydrogen-bond acceptors (Lipinski definition) is 7. The van der Waals surface area contributed by atoms with E-state index in [1.807, 2.05) is 6.92 Å². The maximum absolute atomic E-state index is 12.2. The molecule has 0 saturated carbocycles. The molecule has 24 heavy (non-hydrogen) atoms. The molecule has 7 nitrogen and oxygen atoms in total. The van der Waals surface area contributed by atoms with Gasteiger partial charge in [0.05, 0.1) is 6.61 Å². The van der Waals surface area contributed by atoms with Crippen molar-refractivity contribution in [2.45, 2.75) is 32.3 Å². The average Bonchev–Trinajstić information content (AvgIpc) is 3.40. The van der Waals surface area contributed by atoms with E-state index in [4.69, 9.17) is 18.9 Å². The Bertz CT molecular complexity index is 545. The van der Waals surface area contributed by atoms with Gasteiger partial charge >= 0.3 is 17.9 Å². The van der Waals surface area contributed by atoms with E-state index in [-0.39, 0.29) is 25.9 Å². The van der Waals surface area contributed by atoms with Crippen LogP contribution in [-0.2, 0) is 33.3 Å². The van der Waals surface area contributed by atoms with Gasteiger partial charge in [0.1, 0.15) is 25.9 Å². The van der Waals surface area contributed by atoms with Crippen molar-refractivity contribution in [3.63, 3.8) is 0 Å². The molecule has 2 unspecified atom stereocenters. The van der Waals surface area contributed by atoms with Crippen molar-refractivity contribution in [3.05, 3.63) is 23.8 Å². The van der Waals surface area contributed by atoms with Gasteiger partial charge in [-0.05, 0) is 25.2 Å². The van der Waals surface area contributed by atoms with Crippen LogP contribution in [0, 0.1) is 5.92 Å². The van der Waals surface area contributed by atoms with Gasteiger partial charge in [-0.15, -0.1) is 0 Å². The number of ether oxygens (including phenoxy) is 4. The summed E-state index contributed by atoms with van der Waals surface area (Å²) >= 11 is 0. The largest absolute Gasteiger partial charge is 0.459 e. The van der Waals surface area contributed by atoms with Crippen molar-refractivity contribution in [1.82, 2.24) is 0 Å². The Morgan fingerprint density at radius 1 is 1.17 bits per heavy atom. The van der Waals surface area contributed by atoms with E-state index in [1.54, 1.807) is 0 Å². The second kappa shape index (κ2) is 8.63. The van der Waals surface area contributed by atoms with Gasteiger partial charge in [0.15, 0.2) is 0 Å².